The summed E-state index contributed by atoms with van der Waals surface area (Å²) in [6.45, 7) is 22.6. The summed E-state index contributed by atoms with van der Waals surface area (Å²) in [6, 6.07) is 54.2. The molecule has 9 rings (SSSR count). The van der Waals surface area contributed by atoms with E-state index in [1.165, 1.54) is 90.2 Å². The molecule has 1 heterocycles. The molecule has 1 saturated heterocycles. The molecular weight excluding hydrogens is 1080 g/mol. The minimum absolute atomic E-state index is 0.0301. The molecule has 0 unspecified atom stereocenters. The summed E-state index contributed by atoms with van der Waals surface area (Å²) >= 11 is -0.346. The van der Waals surface area contributed by atoms with Crippen molar-refractivity contribution >= 4 is 115 Å². The number of methoxy groups -OCH3 is 2. The molecule has 0 radical (unpaired) electrons. The summed E-state index contributed by atoms with van der Waals surface area (Å²) in [4.78, 5) is 0. The molecule has 1 aliphatic rings. The van der Waals surface area contributed by atoms with E-state index < -0.39 is 39.6 Å². The van der Waals surface area contributed by atoms with E-state index in [0.29, 0.717) is 0 Å². The van der Waals surface area contributed by atoms with Gasteiger partial charge in [0.2, 0.25) is 11.6 Å². The second-order valence-corrected chi connectivity index (χ2v) is 30.9. The number of hydrogen-bond acceptors (Lipinski definition) is 4. The Morgan fingerprint density at radius 1 is 0.479 bits per heavy atom. The Kier molecular flexibility index (Phi) is 21.4. The molecule has 1 fully saturated rings. The fraction of sp³-hybridized carbons (Fsp3) is 0.310. The summed E-state index contributed by atoms with van der Waals surface area (Å²) < 4.78 is 22.0. The van der Waals surface area contributed by atoms with Crippen LogP contribution in [0.1, 0.15) is 13.8 Å². The molecule has 0 amide bonds. The van der Waals surface area contributed by atoms with Crippen LogP contribution in [0.4, 0.5) is 0 Å². The van der Waals surface area contributed by atoms with E-state index in [-0.39, 0.29) is 44.1 Å². The number of fused-ring (bicyclic) bond motifs is 4. The van der Waals surface area contributed by atoms with E-state index >= 15 is 0 Å². The van der Waals surface area contributed by atoms with Gasteiger partial charge in [0.1, 0.15) is 0 Å². The monoisotopic (exact) mass is 1150 g/mol. The van der Waals surface area contributed by atoms with Gasteiger partial charge in [-0.05, 0) is 117 Å². The summed E-state index contributed by atoms with van der Waals surface area (Å²) in [5.74, 6) is -2.14. The molecule has 0 spiro atoms. The summed E-state index contributed by atoms with van der Waals surface area (Å²) in [5.41, 5.74) is 20.7. The van der Waals surface area contributed by atoms with E-state index in [1.807, 2.05) is 0 Å². The number of ether oxygens (including phenoxy) is 4. The van der Waals surface area contributed by atoms with Crippen LogP contribution in [0.2, 0.25) is 0 Å². The number of nitrogens with one attached hydrogen (secondary N) is 2. The molecule has 8 aromatic carbocycles. The molecule has 13 heteroatoms. The Balaban J connectivity index is 0.000000175. The first-order chi connectivity index (χ1) is 34.0. The predicted molar refractivity (Wildman–Crippen MR) is 321 cm³/mol. The molecule has 4 atom stereocenters. The van der Waals surface area contributed by atoms with Gasteiger partial charge >= 0.3 is 34.5 Å². The maximum atomic E-state index is 7.38. The predicted octanol–water partition coefficient (Wildman–Crippen LogP) is 15.2. The van der Waals surface area contributed by atoms with Gasteiger partial charge in [0.15, 0.2) is 0 Å². The van der Waals surface area contributed by atoms with Crippen LogP contribution >= 0.6 is 51.1 Å². The van der Waals surface area contributed by atoms with Crippen molar-refractivity contribution in [1.29, 1.82) is 0 Å². The second kappa shape index (κ2) is 26.3. The van der Waals surface area contributed by atoms with E-state index in [2.05, 4.69) is 199 Å². The van der Waals surface area contributed by atoms with Crippen LogP contribution < -0.4 is 21.2 Å². The SMILES string of the molecule is CO[C@]1(C)O[C@@H](C[NH-])[C@H](C[NH-])O[C@@]1(C)OC.CP(C)c1ccc2ccccc2c1-c1c(P(C)C)ccc2ccccc12.C[PH+](C)c1ccc2ccccc2c1-c1c([PH+](C)C)ccc2ccccc12.[Cl][Ru+2][Cl]. The second-order valence-electron chi connectivity index (χ2n) is 18.6. The van der Waals surface area contributed by atoms with Crippen molar-refractivity contribution < 1.29 is 34.1 Å². The normalized spacial score (nSPS) is 18.9. The van der Waals surface area contributed by atoms with E-state index in [4.69, 9.17) is 49.8 Å². The zero-order chi connectivity index (χ0) is 51.6. The summed E-state index contributed by atoms with van der Waals surface area (Å²) in [5, 5.41) is 17.0. The van der Waals surface area contributed by atoms with Gasteiger partial charge in [-0.1, -0.05) is 149 Å². The Hall–Kier alpha value is -2.52. The average Bonchev–Trinajstić information content (AvgIpc) is 3.38. The van der Waals surface area contributed by atoms with Gasteiger partial charge < -0.3 is 30.4 Å². The molecule has 376 valence electrons. The molecule has 71 heavy (non-hydrogen) atoms. The van der Waals surface area contributed by atoms with Crippen molar-refractivity contribution in [2.24, 2.45) is 0 Å². The maximum absolute atomic E-state index is 7.38. The molecule has 0 bridgehead atoms. The average molecular weight is 1160 g/mol. The third-order valence-electron chi connectivity index (χ3n) is 13.4. The molecule has 0 aromatic heterocycles. The van der Waals surface area contributed by atoms with Gasteiger partial charge in [0.05, 0.1) is 49.5 Å². The van der Waals surface area contributed by atoms with E-state index in [1.54, 1.807) is 24.5 Å². The molecule has 1 aliphatic heterocycles. The van der Waals surface area contributed by atoms with Gasteiger partial charge in [-0.25, -0.2) is 0 Å². The van der Waals surface area contributed by atoms with Crippen molar-refractivity contribution in [2.75, 3.05) is 80.6 Å². The van der Waals surface area contributed by atoms with Gasteiger partial charge in [0, 0.05) is 41.2 Å². The van der Waals surface area contributed by atoms with Crippen LogP contribution in [0.5, 0.6) is 0 Å². The van der Waals surface area contributed by atoms with Crippen molar-refractivity contribution in [1.82, 2.24) is 0 Å². The van der Waals surface area contributed by atoms with Gasteiger partial charge in [-0.3, -0.25) is 0 Å². The molecule has 0 aliphatic carbocycles. The minimum atomic E-state index is -1.07. The summed E-state index contributed by atoms with van der Waals surface area (Å²) in [6.07, 6.45) is -0.934. The van der Waals surface area contributed by atoms with Crippen molar-refractivity contribution in [2.45, 2.75) is 37.6 Å². The molecule has 6 nitrogen and oxygen atoms in total. The van der Waals surface area contributed by atoms with Crippen LogP contribution in [-0.4, -0.2) is 104 Å². The van der Waals surface area contributed by atoms with Crippen molar-refractivity contribution in [3.05, 3.63) is 157 Å². The molecular formula is C58H70Cl2N2O4P4Ru+2. The first-order valence-electron chi connectivity index (χ1n) is 23.7. The van der Waals surface area contributed by atoms with Gasteiger partial charge in [0.25, 0.3) is 0 Å². The third-order valence-corrected chi connectivity index (χ3v) is 19.0. The van der Waals surface area contributed by atoms with Crippen LogP contribution in [-0.2, 0) is 34.1 Å². The van der Waals surface area contributed by atoms with E-state index in [9.17, 15) is 0 Å². The standard InChI is InChI=1S/2C24H24P2.C10H20N2O4.2ClH.Ru/c2*1-25(2)21-15-13-17-9-5-7-11-19(17)23(21)24-20-12-8-6-10-18(20)14-16-22(24)26(3)4;1-9(13-3)10(2,14-4)16-8(6-12)7(5-11)15-9;;;/h2*5-16H,1-4H3;7-8,11-12H,5-6H2,1-4H3;2*1H;/q;;-2;;;+4/t;;7-,8-,9+,10+;;;/m..0.../s1. The van der Waals surface area contributed by atoms with Gasteiger partial charge in [-0.15, -0.1) is 13.1 Å². The third kappa shape index (κ3) is 12.8. The number of rotatable bonds is 10. The quantitative estimate of drug-likeness (QED) is 0.101. The Morgan fingerprint density at radius 2 is 0.746 bits per heavy atom. The molecule has 0 saturated carbocycles. The number of benzene rings is 8. The Morgan fingerprint density at radius 3 is 1.00 bits per heavy atom. The van der Waals surface area contributed by atoms with Crippen LogP contribution in [0, 0.1) is 0 Å². The Labute approximate surface area is 443 Å². The van der Waals surface area contributed by atoms with Gasteiger partial charge in [-0.2, -0.15) is 0 Å². The fourth-order valence-electron chi connectivity index (χ4n) is 9.46. The number of hydrogen-bond donors (Lipinski definition) is 0. The Bertz CT molecular complexity index is 2670. The zero-order valence-electron chi connectivity index (χ0n) is 43.1. The van der Waals surface area contributed by atoms with Crippen LogP contribution in [0.15, 0.2) is 146 Å². The van der Waals surface area contributed by atoms with Crippen molar-refractivity contribution in [3.8, 4) is 22.3 Å². The first-order valence-corrected chi connectivity index (χ1v) is 37.6. The molecule has 8 aromatic rings. The van der Waals surface area contributed by atoms with E-state index in [0.717, 1.165) is 0 Å². The molecule has 2 N–H and O–H groups in total. The first kappa shape index (κ1) is 57.8. The van der Waals surface area contributed by atoms with Crippen LogP contribution in [0.25, 0.3) is 76.8 Å². The van der Waals surface area contributed by atoms with Crippen LogP contribution in [0.3, 0.4) is 0 Å². The summed E-state index contributed by atoms with van der Waals surface area (Å²) in [7, 11) is 11.2. The number of halogens is 2. The zero-order valence-corrected chi connectivity index (χ0v) is 50.1. The fourth-order valence-corrected chi connectivity index (χ4v) is 13.9. The van der Waals surface area contributed by atoms with Crippen molar-refractivity contribution in [3.63, 3.8) is 0 Å². The topological polar surface area (TPSA) is 84.5 Å².